The number of hydrogen-bond donors (Lipinski definition) is 2. The molecule has 100 valence electrons. The molecule has 3 heteroatoms. The molecular formula is C16H20N2O. The van der Waals surface area contributed by atoms with E-state index in [1.54, 1.807) is 13.1 Å². The molecule has 1 aromatic heterocycles. The molecule has 0 aliphatic heterocycles. The maximum Gasteiger partial charge on any atom is 0.129 e. The quantitative estimate of drug-likeness (QED) is 0.868. The zero-order valence-electron chi connectivity index (χ0n) is 11.9. The Kier molecular flexibility index (Phi) is 3.33. The number of aryl methyl sites for hydroxylation is 3. The van der Waals surface area contributed by atoms with Crippen LogP contribution in [-0.4, -0.2) is 10.1 Å². The van der Waals surface area contributed by atoms with E-state index >= 15 is 0 Å². The highest BCUT2D eigenvalue weighted by Crippen LogP contribution is 2.33. The van der Waals surface area contributed by atoms with Crippen molar-refractivity contribution >= 4 is 5.82 Å². The largest absolute Gasteiger partial charge is 0.383 e. The van der Waals surface area contributed by atoms with E-state index in [1.807, 2.05) is 39.0 Å². The molecule has 0 aliphatic carbocycles. The molecule has 3 N–H and O–H groups in total. The highest BCUT2D eigenvalue weighted by Gasteiger charge is 2.29. The van der Waals surface area contributed by atoms with Crippen LogP contribution < -0.4 is 5.73 Å². The Bertz CT molecular complexity index is 598. The summed E-state index contributed by atoms with van der Waals surface area (Å²) in [6.45, 7) is 7.73. The molecular weight excluding hydrogens is 236 g/mol. The minimum atomic E-state index is -1.14. The van der Waals surface area contributed by atoms with Gasteiger partial charge < -0.3 is 10.8 Å². The normalized spacial score (nSPS) is 14.2. The third kappa shape index (κ3) is 2.61. The van der Waals surface area contributed by atoms with Gasteiger partial charge in [-0.3, -0.25) is 0 Å². The number of nitrogen functional groups attached to an aromatic ring is 1. The number of nitrogens with two attached hydrogens (primary N) is 1. The van der Waals surface area contributed by atoms with Crippen molar-refractivity contribution in [3.05, 3.63) is 58.3 Å². The molecule has 19 heavy (non-hydrogen) atoms. The van der Waals surface area contributed by atoms with Crippen molar-refractivity contribution in [2.45, 2.75) is 33.3 Å². The van der Waals surface area contributed by atoms with Crippen molar-refractivity contribution in [2.24, 2.45) is 0 Å². The average molecular weight is 256 g/mol. The van der Waals surface area contributed by atoms with Crippen LogP contribution in [0.3, 0.4) is 0 Å². The van der Waals surface area contributed by atoms with E-state index in [9.17, 15) is 5.11 Å². The van der Waals surface area contributed by atoms with Crippen LogP contribution in [0.2, 0.25) is 0 Å². The van der Waals surface area contributed by atoms with Crippen LogP contribution >= 0.6 is 0 Å². The van der Waals surface area contributed by atoms with Crippen molar-refractivity contribution in [2.75, 3.05) is 5.73 Å². The van der Waals surface area contributed by atoms with Crippen LogP contribution in [0.4, 0.5) is 5.82 Å². The smallest absolute Gasteiger partial charge is 0.129 e. The van der Waals surface area contributed by atoms with Gasteiger partial charge in [0.25, 0.3) is 0 Å². The molecule has 0 spiro atoms. The summed E-state index contributed by atoms with van der Waals surface area (Å²) in [5.41, 5.74) is 9.49. The summed E-state index contributed by atoms with van der Waals surface area (Å²) in [5.74, 6) is 0.370. The molecule has 2 aromatic rings. The second kappa shape index (κ2) is 4.67. The zero-order valence-corrected chi connectivity index (χ0v) is 11.9. The number of anilines is 1. The second-order valence-electron chi connectivity index (χ2n) is 5.39. The molecule has 0 saturated heterocycles. The lowest BCUT2D eigenvalue weighted by atomic mass is 9.86. The van der Waals surface area contributed by atoms with Gasteiger partial charge in [0.1, 0.15) is 11.4 Å². The Morgan fingerprint density at radius 3 is 2.16 bits per heavy atom. The first-order chi connectivity index (χ1) is 8.80. The SMILES string of the molecule is Cc1cc(C)cc(C(C)(O)c2cc(C)cnc2N)c1. The van der Waals surface area contributed by atoms with Gasteiger partial charge in [-0.05, 0) is 44.9 Å². The molecule has 0 saturated carbocycles. The molecule has 1 unspecified atom stereocenters. The van der Waals surface area contributed by atoms with E-state index < -0.39 is 5.60 Å². The molecule has 0 aliphatic rings. The van der Waals surface area contributed by atoms with Gasteiger partial charge in [0.2, 0.25) is 0 Å². The predicted octanol–water partition coefficient (Wildman–Crippen LogP) is 2.84. The zero-order chi connectivity index (χ0) is 14.2. The number of benzene rings is 1. The molecule has 1 atom stereocenters. The highest BCUT2D eigenvalue weighted by molar-refractivity contribution is 5.50. The topological polar surface area (TPSA) is 59.1 Å². The Hall–Kier alpha value is -1.87. The van der Waals surface area contributed by atoms with Gasteiger partial charge in [0, 0.05) is 11.8 Å². The minimum Gasteiger partial charge on any atom is -0.383 e. The number of aliphatic hydroxyl groups is 1. The van der Waals surface area contributed by atoms with Crippen molar-refractivity contribution < 1.29 is 5.11 Å². The lowest BCUT2D eigenvalue weighted by molar-refractivity contribution is 0.102. The average Bonchev–Trinajstić information content (AvgIpc) is 2.31. The first-order valence-corrected chi connectivity index (χ1v) is 6.34. The van der Waals surface area contributed by atoms with Crippen LogP contribution in [0.25, 0.3) is 0 Å². The summed E-state index contributed by atoms with van der Waals surface area (Å²) < 4.78 is 0. The third-order valence-corrected chi connectivity index (χ3v) is 3.36. The van der Waals surface area contributed by atoms with E-state index in [0.29, 0.717) is 11.4 Å². The standard InChI is InChI=1S/C16H20N2O/c1-10-5-11(2)7-13(6-10)16(4,19)14-8-12(3)9-18-15(14)17/h5-9,19H,1-4H3,(H2,17,18). The van der Waals surface area contributed by atoms with E-state index in [1.165, 1.54) is 0 Å². The highest BCUT2D eigenvalue weighted by atomic mass is 16.3. The first kappa shape index (κ1) is 13.6. The Morgan fingerprint density at radius 1 is 1.00 bits per heavy atom. The summed E-state index contributed by atoms with van der Waals surface area (Å²) in [7, 11) is 0. The number of rotatable bonds is 2. The van der Waals surface area contributed by atoms with Crippen LogP contribution in [0.15, 0.2) is 30.5 Å². The lowest BCUT2D eigenvalue weighted by Gasteiger charge is -2.26. The van der Waals surface area contributed by atoms with Crippen molar-refractivity contribution in [1.82, 2.24) is 4.98 Å². The molecule has 0 amide bonds. The van der Waals surface area contributed by atoms with Crippen LogP contribution in [0.1, 0.15) is 34.7 Å². The molecule has 2 rings (SSSR count). The van der Waals surface area contributed by atoms with E-state index in [-0.39, 0.29) is 0 Å². The minimum absolute atomic E-state index is 0.370. The van der Waals surface area contributed by atoms with Crippen molar-refractivity contribution in [1.29, 1.82) is 0 Å². The number of aromatic nitrogens is 1. The van der Waals surface area contributed by atoms with Crippen LogP contribution in [-0.2, 0) is 5.60 Å². The molecule has 0 radical (unpaired) electrons. The van der Waals surface area contributed by atoms with E-state index in [2.05, 4.69) is 11.1 Å². The maximum absolute atomic E-state index is 10.9. The fraction of sp³-hybridized carbons (Fsp3) is 0.312. The summed E-state index contributed by atoms with van der Waals surface area (Å²) in [6, 6.07) is 7.93. The lowest BCUT2D eigenvalue weighted by Crippen LogP contribution is -2.25. The van der Waals surface area contributed by atoms with Gasteiger partial charge >= 0.3 is 0 Å². The number of nitrogens with zero attached hydrogens (tertiary/aromatic N) is 1. The molecule has 1 aromatic carbocycles. The summed E-state index contributed by atoms with van der Waals surface area (Å²) in [6.07, 6.45) is 1.70. The van der Waals surface area contributed by atoms with Gasteiger partial charge in [-0.25, -0.2) is 4.98 Å². The summed E-state index contributed by atoms with van der Waals surface area (Å²) in [5, 5.41) is 10.9. The fourth-order valence-corrected chi connectivity index (χ4v) is 2.38. The fourth-order valence-electron chi connectivity index (χ4n) is 2.38. The van der Waals surface area contributed by atoms with Crippen molar-refractivity contribution in [3.8, 4) is 0 Å². The number of hydrogen-bond acceptors (Lipinski definition) is 3. The Morgan fingerprint density at radius 2 is 1.58 bits per heavy atom. The van der Waals surface area contributed by atoms with E-state index in [0.717, 1.165) is 22.3 Å². The maximum atomic E-state index is 10.9. The van der Waals surface area contributed by atoms with Crippen LogP contribution in [0, 0.1) is 20.8 Å². The van der Waals surface area contributed by atoms with Gasteiger partial charge in [-0.2, -0.15) is 0 Å². The second-order valence-corrected chi connectivity index (χ2v) is 5.39. The molecule has 3 nitrogen and oxygen atoms in total. The number of pyridine rings is 1. The molecule has 0 bridgehead atoms. The van der Waals surface area contributed by atoms with E-state index in [4.69, 9.17) is 5.73 Å². The monoisotopic (exact) mass is 256 g/mol. The van der Waals surface area contributed by atoms with Gasteiger partial charge in [-0.15, -0.1) is 0 Å². The van der Waals surface area contributed by atoms with Gasteiger partial charge in [-0.1, -0.05) is 29.3 Å². The Labute approximate surface area is 114 Å². The van der Waals surface area contributed by atoms with Crippen LogP contribution in [0.5, 0.6) is 0 Å². The van der Waals surface area contributed by atoms with Gasteiger partial charge in [0.15, 0.2) is 0 Å². The predicted molar refractivity (Wildman–Crippen MR) is 78.0 cm³/mol. The molecule has 0 fully saturated rings. The first-order valence-electron chi connectivity index (χ1n) is 6.34. The summed E-state index contributed by atoms with van der Waals surface area (Å²) >= 11 is 0. The van der Waals surface area contributed by atoms with Gasteiger partial charge in [0.05, 0.1) is 0 Å². The third-order valence-electron chi connectivity index (χ3n) is 3.36. The van der Waals surface area contributed by atoms with Crippen molar-refractivity contribution in [3.63, 3.8) is 0 Å². The summed E-state index contributed by atoms with van der Waals surface area (Å²) in [4.78, 5) is 4.13. The Balaban J connectivity index is 2.60. The molecule has 1 heterocycles.